The van der Waals surface area contributed by atoms with Crippen LogP contribution in [-0.4, -0.2) is 15.3 Å². The maximum absolute atomic E-state index is 9.85. The number of aliphatic hydroxyl groups is 2. The van der Waals surface area contributed by atoms with Gasteiger partial charge in [-0.2, -0.15) is 0 Å². The monoisotopic (exact) mass is 272 g/mol. The summed E-state index contributed by atoms with van der Waals surface area (Å²) in [6.45, 7) is 3.65. The van der Waals surface area contributed by atoms with Gasteiger partial charge in [0.2, 0.25) is 0 Å². The smallest absolute Gasteiger partial charge is 0.126 e. The van der Waals surface area contributed by atoms with Crippen molar-refractivity contribution in [2.45, 2.75) is 33.5 Å². The molecule has 2 aromatic carbocycles. The molecule has 3 N–H and O–H groups in total. The predicted octanol–water partition coefficient (Wildman–Crippen LogP) is 2.58. The number of rotatable bonds is 4. The van der Waals surface area contributed by atoms with Crippen LogP contribution in [-0.2, 0) is 19.6 Å². The Morgan fingerprint density at radius 1 is 0.750 bits per heavy atom. The lowest BCUT2D eigenvalue weighted by molar-refractivity contribution is 0.263. The van der Waals surface area contributed by atoms with Crippen molar-refractivity contribution in [1.29, 1.82) is 0 Å². The van der Waals surface area contributed by atoms with Crippen molar-refractivity contribution < 1.29 is 15.3 Å². The van der Waals surface area contributed by atoms with Crippen molar-refractivity contribution in [1.82, 2.24) is 0 Å². The van der Waals surface area contributed by atoms with Crippen LogP contribution in [0.3, 0.4) is 0 Å². The zero-order chi connectivity index (χ0) is 14.7. The summed E-state index contributed by atoms with van der Waals surface area (Å²) in [6, 6.07) is 9.94. The van der Waals surface area contributed by atoms with Crippen molar-refractivity contribution in [3.8, 4) is 5.75 Å². The Labute approximate surface area is 119 Å². The van der Waals surface area contributed by atoms with Crippen LogP contribution in [0.4, 0.5) is 0 Å². The fourth-order valence-corrected chi connectivity index (χ4v) is 2.58. The van der Waals surface area contributed by atoms with Gasteiger partial charge in [0.1, 0.15) is 5.75 Å². The zero-order valence-corrected chi connectivity index (χ0v) is 11.8. The fraction of sp³-hybridized carbons (Fsp3) is 0.294. The van der Waals surface area contributed by atoms with Crippen molar-refractivity contribution in [3.63, 3.8) is 0 Å². The van der Waals surface area contributed by atoms with Gasteiger partial charge in [0.05, 0.1) is 13.2 Å². The van der Waals surface area contributed by atoms with Gasteiger partial charge in [0.25, 0.3) is 0 Å². The van der Waals surface area contributed by atoms with Crippen LogP contribution in [0, 0.1) is 13.8 Å². The first-order chi connectivity index (χ1) is 9.53. The summed E-state index contributed by atoms with van der Waals surface area (Å²) >= 11 is 0. The molecule has 3 heteroatoms. The second-order valence-corrected chi connectivity index (χ2v) is 5.25. The molecule has 106 valence electrons. The van der Waals surface area contributed by atoms with E-state index in [0.29, 0.717) is 17.5 Å². The molecule has 0 bridgehead atoms. The third kappa shape index (κ3) is 3.18. The molecule has 0 amide bonds. The van der Waals surface area contributed by atoms with E-state index in [1.807, 2.05) is 0 Å². The van der Waals surface area contributed by atoms with Crippen LogP contribution in [0.2, 0.25) is 0 Å². The minimum Gasteiger partial charge on any atom is -0.507 e. The second kappa shape index (κ2) is 6.07. The molecule has 0 saturated carbocycles. The van der Waals surface area contributed by atoms with Crippen LogP contribution in [0.5, 0.6) is 5.75 Å². The van der Waals surface area contributed by atoms with Crippen LogP contribution < -0.4 is 0 Å². The minimum atomic E-state index is -0.237. The number of aromatic hydroxyl groups is 1. The van der Waals surface area contributed by atoms with E-state index in [-0.39, 0.29) is 19.0 Å². The van der Waals surface area contributed by atoms with Crippen LogP contribution in [0.1, 0.15) is 33.4 Å². The van der Waals surface area contributed by atoms with E-state index in [1.165, 1.54) is 16.7 Å². The highest BCUT2D eigenvalue weighted by Gasteiger charge is 2.09. The Morgan fingerprint density at radius 2 is 1.20 bits per heavy atom. The molecule has 0 saturated heterocycles. The molecule has 0 radical (unpaired) electrons. The number of aliphatic hydroxyl groups excluding tert-OH is 2. The van der Waals surface area contributed by atoms with Crippen molar-refractivity contribution in [2.75, 3.05) is 0 Å². The number of aryl methyl sites for hydroxylation is 2. The van der Waals surface area contributed by atoms with E-state index in [2.05, 4.69) is 32.0 Å². The van der Waals surface area contributed by atoms with Gasteiger partial charge in [-0.3, -0.25) is 0 Å². The first kappa shape index (κ1) is 14.6. The fourth-order valence-electron chi connectivity index (χ4n) is 2.58. The molecule has 0 fully saturated rings. The van der Waals surface area contributed by atoms with Gasteiger partial charge in [-0.1, -0.05) is 29.3 Å². The largest absolute Gasteiger partial charge is 0.507 e. The molecule has 0 atom stereocenters. The third-order valence-corrected chi connectivity index (χ3v) is 3.36. The molecule has 0 heterocycles. The van der Waals surface area contributed by atoms with E-state index >= 15 is 0 Å². The maximum Gasteiger partial charge on any atom is 0.126 e. The van der Waals surface area contributed by atoms with Gasteiger partial charge in [-0.05, 0) is 43.5 Å². The first-order valence-electron chi connectivity index (χ1n) is 6.66. The lowest BCUT2D eigenvalue weighted by Gasteiger charge is -2.11. The molecular formula is C17H20O3. The average molecular weight is 272 g/mol. The van der Waals surface area contributed by atoms with Gasteiger partial charge < -0.3 is 15.3 Å². The Kier molecular flexibility index (Phi) is 4.42. The van der Waals surface area contributed by atoms with E-state index < -0.39 is 0 Å². The van der Waals surface area contributed by atoms with Crippen molar-refractivity contribution in [2.24, 2.45) is 0 Å². The van der Waals surface area contributed by atoms with E-state index in [9.17, 15) is 15.3 Å². The van der Waals surface area contributed by atoms with E-state index in [0.717, 1.165) is 5.56 Å². The lowest BCUT2D eigenvalue weighted by Crippen LogP contribution is -1.97. The Balaban J connectivity index is 2.38. The highest BCUT2D eigenvalue weighted by Crippen LogP contribution is 2.26. The molecule has 0 aromatic heterocycles. The molecule has 0 unspecified atom stereocenters. The van der Waals surface area contributed by atoms with E-state index in [4.69, 9.17) is 0 Å². The molecule has 2 aromatic rings. The molecule has 0 aliphatic rings. The summed E-state index contributed by atoms with van der Waals surface area (Å²) in [5.74, 6) is -0.0147. The number of phenols is 1. The van der Waals surface area contributed by atoms with Crippen LogP contribution >= 0.6 is 0 Å². The average Bonchev–Trinajstić information content (AvgIpc) is 2.39. The van der Waals surface area contributed by atoms with Gasteiger partial charge in [-0.25, -0.2) is 0 Å². The van der Waals surface area contributed by atoms with Gasteiger partial charge >= 0.3 is 0 Å². The normalized spacial score (nSPS) is 10.8. The van der Waals surface area contributed by atoms with Gasteiger partial charge in [0, 0.05) is 11.1 Å². The molecule has 3 nitrogen and oxygen atoms in total. The standard InChI is InChI=1S/C17H20O3/c1-11-3-12(2)5-13(4-11)6-14-7-15(9-18)17(20)16(8-14)10-19/h3-5,7-8,18-20H,6,9-10H2,1-2H3. The summed E-state index contributed by atoms with van der Waals surface area (Å²) in [5, 5.41) is 28.4. The summed E-state index contributed by atoms with van der Waals surface area (Å²) in [4.78, 5) is 0. The number of hydrogen-bond donors (Lipinski definition) is 3. The summed E-state index contributed by atoms with van der Waals surface area (Å²) < 4.78 is 0. The first-order valence-corrected chi connectivity index (χ1v) is 6.66. The van der Waals surface area contributed by atoms with Crippen molar-refractivity contribution >= 4 is 0 Å². The molecule has 0 aliphatic heterocycles. The quantitative estimate of drug-likeness (QED) is 0.801. The second-order valence-electron chi connectivity index (χ2n) is 5.25. The summed E-state index contributed by atoms with van der Waals surface area (Å²) in [7, 11) is 0. The molecule has 0 spiro atoms. The minimum absolute atomic E-state index is 0.0147. The highest BCUT2D eigenvalue weighted by atomic mass is 16.3. The third-order valence-electron chi connectivity index (χ3n) is 3.36. The van der Waals surface area contributed by atoms with Crippen LogP contribution in [0.15, 0.2) is 30.3 Å². The molecule has 2 rings (SSSR count). The Morgan fingerprint density at radius 3 is 1.65 bits per heavy atom. The van der Waals surface area contributed by atoms with Crippen molar-refractivity contribution in [3.05, 3.63) is 63.7 Å². The van der Waals surface area contributed by atoms with Gasteiger partial charge in [0.15, 0.2) is 0 Å². The lowest BCUT2D eigenvalue weighted by atomic mass is 9.97. The Hall–Kier alpha value is -1.84. The molecule has 20 heavy (non-hydrogen) atoms. The maximum atomic E-state index is 9.85. The topological polar surface area (TPSA) is 60.7 Å². The highest BCUT2D eigenvalue weighted by molar-refractivity contribution is 5.45. The van der Waals surface area contributed by atoms with E-state index in [1.54, 1.807) is 12.1 Å². The zero-order valence-electron chi connectivity index (χ0n) is 11.8. The molecule has 0 aliphatic carbocycles. The van der Waals surface area contributed by atoms with Gasteiger partial charge in [-0.15, -0.1) is 0 Å². The summed E-state index contributed by atoms with van der Waals surface area (Å²) in [5.41, 5.74) is 5.49. The SMILES string of the molecule is Cc1cc(C)cc(Cc2cc(CO)c(O)c(CO)c2)c1. The number of hydrogen-bond acceptors (Lipinski definition) is 3. The predicted molar refractivity (Wildman–Crippen MR) is 78.7 cm³/mol. The number of benzene rings is 2. The molecular weight excluding hydrogens is 252 g/mol. The van der Waals surface area contributed by atoms with Crippen LogP contribution in [0.25, 0.3) is 0 Å². The summed E-state index contributed by atoms with van der Waals surface area (Å²) in [6.07, 6.45) is 0.711. The Bertz CT molecular complexity index is 572.